The Kier molecular flexibility index (Phi) is 5.28. The van der Waals surface area contributed by atoms with E-state index in [-0.39, 0.29) is 6.54 Å². The minimum Gasteiger partial charge on any atom is -0.497 e. The molecule has 2 fully saturated rings. The summed E-state index contributed by atoms with van der Waals surface area (Å²) in [5.41, 5.74) is 5.63. The standard InChI is InChI=1S/C21H23N5O4/c1-14-6-8-16(9-7-14)24-10-11-25-19(28)20(29)26(23-21(24)25)13-18(27)22-15-4-3-5-17(12-15)30-2/h3-9,12,21,23H,10-11,13H2,1-2H3,(H,22,27). The second-order valence-electron chi connectivity index (χ2n) is 7.20. The number of hydrogen-bond donors (Lipinski definition) is 2. The summed E-state index contributed by atoms with van der Waals surface area (Å²) in [6.07, 6.45) is -0.525. The van der Waals surface area contributed by atoms with Gasteiger partial charge in [0.15, 0.2) is 6.29 Å². The number of fused-ring (bicyclic) bond motifs is 1. The molecular weight excluding hydrogens is 386 g/mol. The van der Waals surface area contributed by atoms with Crippen molar-refractivity contribution in [2.75, 3.05) is 37.0 Å². The number of amides is 3. The predicted octanol–water partition coefficient (Wildman–Crippen LogP) is 0.921. The SMILES string of the molecule is COc1cccc(NC(=O)CN2NC3N(CCN3c3ccc(C)cc3)C(=O)C2=O)c1. The van der Waals surface area contributed by atoms with E-state index in [2.05, 4.69) is 10.7 Å². The number of methoxy groups -OCH3 is 1. The van der Waals surface area contributed by atoms with Gasteiger partial charge in [0.1, 0.15) is 12.3 Å². The lowest BCUT2D eigenvalue weighted by atomic mass is 10.2. The first-order valence-electron chi connectivity index (χ1n) is 9.62. The highest BCUT2D eigenvalue weighted by Gasteiger charge is 2.45. The number of rotatable bonds is 5. The molecule has 0 aromatic heterocycles. The molecule has 0 bridgehead atoms. The summed E-state index contributed by atoms with van der Waals surface area (Å²) in [7, 11) is 1.54. The van der Waals surface area contributed by atoms with Crippen molar-refractivity contribution in [1.82, 2.24) is 15.3 Å². The molecule has 2 aliphatic rings. The second-order valence-corrected chi connectivity index (χ2v) is 7.20. The normalized spacial score (nSPS) is 18.5. The van der Waals surface area contributed by atoms with Gasteiger partial charge in [0.25, 0.3) is 0 Å². The van der Waals surface area contributed by atoms with Crippen molar-refractivity contribution in [3.05, 3.63) is 54.1 Å². The van der Waals surface area contributed by atoms with E-state index in [4.69, 9.17) is 4.74 Å². The van der Waals surface area contributed by atoms with Crippen molar-refractivity contribution < 1.29 is 19.1 Å². The van der Waals surface area contributed by atoms with E-state index in [1.54, 1.807) is 24.3 Å². The lowest BCUT2D eigenvalue weighted by molar-refractivity contribution is -0.163. The van der Waals surface area contributed by atoms with Gasteiger partial charge in [-0.3, -0.25) is 24.3 Å². The maximum absolute atomic E-state index is 12.6. The number of hydrogen-bond acceptors (Lipinski definition) is 6. The van der Waals surface area contributed by atoms with Gasteiger partial charge in [-0.05, 0) is 31.2 Å². The zero-order chi connectivity index (χ0) is 21.3. The van der Waals surface area contributed by atoms with Gasteiger partial charge in [-0.15, -0.1) is 0 Å². The van der Waals surface area contributed by atoms with Crippen LogP contribution in [0.15, 0.2) is 48.5 Å². The molecule has 9 nitrogen and oxygen atoms in total. The molecule has 1 unspecified atom stereocenters. The molecular formula is C21H23N5O4. The second kappa shape index (κ2) is 8.03. The van der Waals surface area contributed by atoms with Gasteiger partial charge in [0.2, 0.25) is 5.91 Å². The molecule has 30 heavy (non-hydrogen) atoms. The van der Waals surface area contributed by atoms with Gasteiger partial charge in [0.05, 0.1) is 7.11 Å². The Hall–Kier alpha value is -3.59. The lowest BCUT2D eigenvalue weighted by Crippen LogP contribution is -2.68. The van der Waals surface area contributed by atoms with Crippen LogP contribution in [-0.4, -0.2) is 60.7 Å². The lowest BCUT2D eigenvalue weighted by Gasteiger charge is -2.40. The molecule has 4 rings (SSSR count). The summed E-state index contributed by atoms with van der Waals surface area (Å²) < 4.78 is 5.14. The molecule has 2 saturated heterocycles. The summed E-state index contributed by atoms with van der Waals surface area (Å²) >= 11 is 0. The largest absolute Gasteiger partial charge is 0.497 e. The number of nitrogens with one attached hydrogen (secondary N) is 2. The third kappa shape index (κ3) is 3.79. The molecule has 2 aromatic carbocycles. The van der Waals surface area contributed by atoms with E-state index >= 15 is 0 Å². The Morgan fingerprint density at radius 3 is 2.57 bits per heavy atom. The molecule has 0 radical (unpaired) electrons. The van der Waals surface area contributed by atoms with Gasteiger partial charge in [-0.1, -0.05) is 23.8 Å². The fourth-order valence-electron chi connectivity index (χ4n) is 3.59. The van der Waals surface area contributed by atoms with Gasteiger partial charge in [-0.2, -0.15) is 5.43 Å². The monoisotopic (exact) mass is 409 g/mol. The molecule has 0 aliphatic carbocycles. The van der Waals surface area contributed by atoms with Crippen molar-refractivity contribution in [3.8, 4) is 5.75 Å². The van der Waals surface area contributed by atoms with Crippen LogP contribution in [0.5, 0.6) is 5.75 Å². The summed E-state index contributed by atoms with van der Waals surface area (Å²) in [5, 5.41) is 3.79. The van der Waals surface area contributed by atoms with Crippen molar-refractivity contribution in [2.45, 2.75) is 13.2 Å². The van der Waals surface area contributed by atoms with Crippen molar-refractivity contribution in [3.63, 3.8) is 0 Å². The number of nitrogens with zero attached hydrogens (tertiary/aromatic N) is 3. The third-order valence-corrected chi connectivity index (χ3v) is 5.15. The average Bonchev–Trinajstić information content (AvgIpc) is 3.16. The van der Waals surface area contributed by atoms with E-state index in [0.29, 0.717) is 24.5 Å². The molecule has 2 aromatic rings. The van der Waals surface area contributed by atoms with E-state index in [9.17, 15) is 14.4 Å². The number of anilines is 2. The van der Waals surface area contributed by atoms with Crippen LogP contribution in [0.4, 0.5) is 11.4 Å². The van der Waals surface area contributed by atoms with Crippen LogP contribution in [0, 0.1) is 6.92 Å². The van der Waals surface area contributed by atoms with Crippen molar-refractivity contribution >= 4 is 29.1 Å². The zero-order valence-corrected chi connectivity index (χ0v) is 16.8. The van der Waals surface area contributed by atoms with Gasteiger partial charge < -0.3 is 15.0 Å². The Morgan fingerprint density at radius 1 is 1.10 bits per heavy atom. The fourth-order valence-corrected chi connectivity index (χ4v) is 3.59. The highest BCUT2D eigenvalue weighted by Crippen LogP contribution is 2.25. The molecule has 1 atom stereocenters. The number of carbonyl (C=O) groups is 3. The first-order valence-corrected chi connectivity index (χ1v) is 9.62. The number of benzene rings is 2. The van der Waals surface area contributed by atoms with Crippen LogP contribution in [0.2, 0.25) is 0 Å². The Balaban J connectivity index is 1.47. The molecule has 2 heterocycles. The predicted molar refractivity (Wildman–Crippen MR) is 110 cm³/mol. The molecule has 3 amide bonds. The molecule has 2 aliphatic heterocycles. The molecule has 9 heteroatoms. The van der Waals surface area contributed by atoms with Crippen LogP contribution in [-0.2, 0) is 14.4 Å². The van der Waals surface area contributed by atoms with Crippen LogP contribution in [0.3, 0.4) is 0 Å². The Labute approximate surface area is 174 Å². The van der Waals surface area contributed by atoms with Gasteiger partial charge >= 0.3 is 11.8 Å². The van der Waals surface area contributed by atoms with E-state index in [0.717, 1.165) is 16.3 Å². The molecule has 156 valence electrons. The first kappa shape index (κ1) is 19.7. The summed E-state index contributed by atoms with van der Waals surface area (Å²) in [6.45, 7) is 2.72. The van der Waals surface area contributed by atoms with Crippen LogP contribution in [0.25, 0.3) is 0 Å². The van der Waals surface area contributed by atoms with E-state index < -0.39 is 24.0 Å². The zero-order valence-electron chi connectivity index (χ0n) is 16.8. The number of ether oxygens (including phenoxy) is 1. The molecule has 0 spiro atoms. The number of carbonyl (C=O) groups excluding carboxylic acids is 3. The Morgan fingerprint density at radius 2 is 1.83 bits per heavy atom. The van der Waals surface area contributed by atoms with Crippen LogP contribution < -0.4 is 20.4 Å². The van der Waals surface area contributed by atoms with Crippen molar-refractivity contribution in [1.29, 1.82) is 0 Å². The van der Waals surface area contributed by atoms with Crippen LogP contribution in [0.1, 0.15) is 5.56 Å². The van der Waals surface area contributed by atoms with E-state index in [1.165, 1.54) is 12.0 Å². The fraction of sp³-hybridized carbons (Fsp3) is 0.286. The van der Waals surface area contributed by atoms with Crippen LogP contribution >= 0.6 is 0 Å². The average molecular weight is 409 g/mol. The number of hydrazine groups is 1. The Bertz CT molecular complexity index is 978. The third-order valence-electron chi connectivity index (χ3n) is 5.15. The maximum Gasteiger partial charge on any atom is 0.326 e. The van der Waals surface area contributed by atoms with Crippen molar-refractivity contribution in [2.24, 2.45) is 0 Å². The topological polar surface area (TPSA) is 94.2 Å². The maximum atomic E-state index is 12.6. The molecule has 0 saturated carbocycles. The minimum atomic E-state index is -0.752. The highest BCUT2D eigenvalue weighted by atomic mass is 16.5. The van der Waals surface area contributed by atoms with Gasteiger partial charge in [0, 0.05) is 30.5 Å². The smallest absolute Gasteiger partial charge is 0.326 e. The van der Waals surface area contributed by atoms with Gasteiger partial charge in [-0.25, -0.2) is 0 Å². The summed E-state index contributed by atoms with van der Waals surface area (Å²) in [4.78, 5) is 41.1. The first-order chi connectivity index (χ1) is 14.5. The highest BCUT2D eigenvalue weighted by molar-refractivity contribution is 6.35. The number of aryl methyl sites for hydroxylation is 1. The summed E-state index contributed by atoms with van der Waals surface area (Å²) in [6, 6.07) is 14.8. The summed E-state index contributed by atoms with van der Waals surface area (Å²) in [5.74, 6) is -1.20. The molecule has 2 N–H and O–H groups in total. The minimum absolute atomic E-state index is 0.298. The van der Waals surface area contributed by atoms with E-state index in [1.807, 2.05) is 36.1 Å². The quantitative estimate of drug-likeness (QED) is 0.714.